The van der Waals surface area contributed by atoms with Crippen LogP contribution in [0.5, 0.6) is 0 Å². The number of amides is 1. The van der Waals surface area contributed by atoms with Crippen LogP contribution in [0.4, 0.5) is 0 Å². The lowest BCUT2D eigenvalue weighted by molar-refractivity contribution is -0.132. The minimum Gasteiger partial charge on any atom is -0.478 e. The zero-order chi connectivity index (χ0) is 33.3. The van der Waals surface area contributed by atoms with Gasteiger partial charge >= 0.3 is 5.97 Å². The summed E-state index contributed by atoms with van der Waals surface area (Å²) < 4.78 is 0. The molecule has 1 saturated heterocycles. The largest absolute Gasteiger partial charge is 0.478 e. The van der Waals surface area contributed by atoms with E-state index in [1.807, 2.05) is 84.9 Å². The Labute approximate surface area is 266 Å². The maximum atomic E-state index is 13.2. The molecule has 7 nitrogen and oxygen atoms in total. The van der Waals surface area contributed by atoms with E-state index in [1.165, 1.54) is 11.1 Å². The number of aliphatic carboxylic acids is 1. The number of nitrogens with zero attached hydrogens (tertiary/aromatic N) is 4. The second-order valence-corrected chi connectivity index (χ2v) is 9.21. The topological polar surface area (TPSA) is 76.5 Å². The van der Waals surface area contributed by atoms with Crippen LogP contribution < -0.4 is 0 Å². The molecule has 0 aromatic carbocycles. The monoisotopic (exact) mass is 600 g/mol. The van der Waals surface area contributed by atoms with Gasteiger partial charge in [-0.05, 0) is 75.8 Å². The van der Waals surface area contributed by atoms with Gasteiger partial charge in [0.15, 0.2) is 0 Å². The predicted molar refractivity (Wildman–Crippen MR) is 187 cm³/mol. The molecule has 2 heterocycles. The van der Waals surface area contributed by atoms with Crippen LogP contribution in [0, 0.1) is 12.8 Å². The van der Waals surface area contributed by atoms with E-state index in [4.69, 9.17) is 0 Å². The highest BCUT2D eigenvalue weighted by atomic mass is 16.4. The van der Waals surface area contributed by atoms with E-state index in [1.54, 1.807) is 18.2 Å². The first-order valence-corrected chi connectivity index (χ1v) is 15.4. The standard InChI is InChI=1S/C31H38N4O3.2C2H6.C2H2/c1-4-6-7-8-18-33-20-11-21-34(23-22-33)19-10-13-26(12-5-2)24-29-25(3)32-35(30(29)36)28-15-9-14-27(16-17-28)31(37)38;3*1-2/h4-10,12-13,15-17,19,24H,11,14,18,20-23H2,1-3H3,(H,37,38);2*1-2H3;1-2H/b6-4-,8-7-,12-5-,19-10+,26-13+,29-24-;;;. The molecule has 3 aliphatic rings. The highest BCUT2D eigenvalue weighted by Crippen LogP contribution is 2.24. The van der Waals surface area contributed by atoms with Crippen molar-refractivity contribution in [3.63, 3.8) is 0 Å². The Morgan fingerprint density at radius 3 is 2.39 bits per heavy atom. The number of carbonyl (C=O) groups is 2. The molecule has 1 aliphatic carbocycles. The Morgan fingerprint density at radius 1 is 1.00 bits per heavy atom. The molecular weight excluding hydrogens is 548 g/mol. The van der Waals surface area contributed by atoms with Crippen molar-refractivity contribution in [3.8, 4) is 12.8 Å². The van der Waals surface area contributed by atoms with Crippen LogP contribution in [0.1, 0.15) is 61.3 Å². The molecule has 7 heteroatoms. The quantitative estimate of drug-likeness (QED) is 0.169. The lowest BCUT2D eigenvalue weighted by atomic mass is 10.1. The van der Waals surface area contributed by atoms with Crippen LogP contribution in [0.15, 0.2) is 113 Å². The van der Waals surface area contributed by atoms with E-state index in [0.29, 0.717) is 23.4 Å². The van der Waals surface area contributed by atoms with E-state index >= 15 is 0 Å². The van der Waals surface area contributed by atoms with E-state index in [2.05, 4.69) is 52.2 Å². The zero-order valence-electron chi connectivity index (χ0n) is 27.7. The fourth-order valence-corrected chi connectivity index (χ4v) is 4.28. The molecule has 1 N–H and O–H groups in total. The molecular formula is C37H52N4O3. The van der Waals surface area contributed by atoms with Gasteiger partial charge in [-0.25, -0.2) is 4.79 Å². The van der Waals surface area contributed by atoms with Crippen LogP contribution >= 0.6 is 0 Å². The summed E-state index contributed by atoms with van der Waals surface area (Å²) in [5.74, 6) is -1.20. The third kappa shape index (κ3) is 13.7. The van der Waals surface area contributed by atoms with E-state index in [9.17, 15) is 14.7 Å². The van der Waals surface area contributed by atoms with Crippen molar-refractivity contribution in [3.05, 3.63) is 108 Å². The first-order chi connectivity index (χ1) is 21.4. The van der Waals surface area contributed by atoms with Crippen LogP contribution in [0.2, 0.25) is 0 Å². The molecule has 44 heavy (non-hydrogen) atoms. The summed E-state index contributed by atoms with van der Waals surface area (Å²) in [7, 11) is 0. The second kappa shape index (κ2) is 24.1. The molecule has 238 valence electrons. The van der Waals surface area contributed by atoms with Crippen molar-refractivity contribution in [2.75, 3.05) is 32.7 Å². The minimum atomic E-state index is -0.968. The third-order valence-corrected chi connectivity index (χ3v) is 6.35. The average molecular weight is 601 g/mol. The third-order valence-electron chi connectivity index (χ3n) is 6.35. The van der Waals surface area contributed by atoms with E-state index < -0.39 is 5.97 Å². The molecule has 1 fully saturated rings. The van der Waals surface area contributed by atoms with Gasteiger partial charge in [-0.1, -0.05) is 76.3 Å². The molecule has 0 bridgehead atoms. The maximum Gasteiger partial charge on any atom is 0.331 e. The van der Waals surface area contributed by atoms with Crippen LogP contribution in [0.25, 0.3) is 0 Å². The fourth-order valence-electron chi connectivity index (χ4n) is 4.28. The number of terminal acetylenes is 1. The van der Waals surface area contributed by atoms with Crippen molar-refractivity contribution in [1.82, 2.24) is 14.8 Å². The summed E-state index contributed by atoms with van der Waals surface area (Å²) in [6.07, 6.45) is 36.3. The van der Waals surface area contributed by atoms with E-state index in [0.717, 1.165) is 44.7 Å². The van der Waals surface area contributed by atoms with Crippen molar-refractivity contribution in [2.24, 2.45) is 5.10 Å². The highest BCUT2D eigenvalue weighted by Gasteiger charge is 2.29. The summed E-state index contributed by atoms with van der Waals surface area (Å²) in [6.45, 7) is 18.8. The Morgan fingerprint density at radius 2 is 1.73 bits per heavy atom. The van der Waals surface area contributed by atoms with Crippen LogP contribution in [-0.4, -0.2) is 70.2 Å². The Balaban J connectivity index is 0.00000290. The van der Waals surface area contributed by atoms with Gasteiger partial charge in [0.1, 0.15) is 0 Å². The van der Waals surface area contributed by atoms with Crippen molar-refractivity contribution in [2.45, 2.75) is 61.3 Å². The van der Waals surface area contributed by atoms with Crippen LogP contribution in [-0.2, 0) is 9.59 Å². The summed E-state index contributed by atoms with van der Waals surface area (Å²) in [4.78, 5) is 29.3. The SMILES string of the molecule is C#C.C/C=C\C=C/CN1CCCN(/C=C/C=C(\C=C/C)/C=C2\C(=O)N(C3=CC=C(C(=O)O)CC=C3)N=C2C)CC1.CC.CC. The number of hydrogen-bond donors (Lipinski definition) is 1. The van der Waals surface area contributed by atoms with Gasteiger partial charge in [0.25, 0.3) is 5.91 Å². The minimum absolute atomic E-state index is 0.235. The number of allylic oxidation sites excluding steroid dienone is 13. The van der Waals surface area contributed by atoms with Crippen LogP contribution in [0.3, 0.4) is 0 Å². The number of carboxylic acids is 1. The van der Waals surface area contributed by atoms with Gasteiger partial charge in [0.2, 0.25) is 0 Å². The maximum absolute atomic E-state index is 13.2. The second-order valence-electron chi connectivity index (χ2n) is 9.21. The van der Waals surface area contributed by atoms with Gasteiger partial charge in [0, 0.05) is 38.3 Å². The average Bonchev–Trinajstić information content (AvgIpc) is 3.28. The number of carbonyl (C=O) groups excluding carboxylic acids is 1. The number of rotatable bonds is 9. The highest BCUT2D eigenvalue weighted by molar-refractivity contribution is 6.24. The summed E-state index contributed by atoms with van der Waals surface area (Å²) >= 11 is 0. The molecule has 0 aromatic rings. The molecule has 0 radical (unpaired) electrons. The van der Waals surface area contributed by atoms with Gasteiger partial charge < -0.3 is 10.0 Å². The van der Waals surface area contributed by atoms with E-state index in [-0.39, 0.29) is 11.5 Å². The van der Waals surface area contributed by atoms with Crippen molar-refractivity contribution < 1.29 is 14.7 Å². The lowest BCUT2D eigenvalue weighted by Gasteiger charge is -2.19. The Bertz CT molecular complexity index is 1240. The molecule has 3 rings (SSSR count). The van der Waals surface area contributed by atoms with Gasteiger partial charge in [0.05, 0.1) is 17.0 Å². The lowest BCUT2D eigenvalue weighted by Crippen LogP contribution is -2.28. The first kappa shape index (κ1) is 39.6. The first-order valence-electron chi connectivity index (χ1n) is 15.4. The fraction of sp³-hybridized carbons (Fsp3) is 0.378. The molecule has 0 aromatic heterocycles. The number of hydrazone groups is 1. The summed E-state index contributed by atoms with van der Waals surface area (Å²) in [6, 6.07) is 0. The number of carboxylic acid groups (broad SMARTS) is 1. The Hall–Kier alpha value is -4.41. The molecule has 0 saturated carbocycles. The molecule has 0 atom stereocenters. The zero-order valence-corrected chi connectivity index (χ0v) is 27.7. The molecule has 0 spiro atoms. The summed E-state index contributed by atoms with van der Waals surface area (Å²) in [5, 5.41) is 15.0. The van der Waals surface area contributed by atoms with Gasteiger partial charge in [-0.2, -0.15) is 10.1 Å². The van der Waals surface area contributed by atoms with Crippen molar-refractivity contribution in [1.29, 1.82) is 0 Å². The Kier molecular flexibility index (Phi) is 21.7. The van der Waals surface area contributed by atoms with Crippen molar-refractivity contribution >= 4 is 17.6 Å². The molecule has 2 aliphatic heterocycles. The van der Waals surface area contributed by atoms with Gasteiger partial charge in [-0.15, -0.1) is 12.8 Å². The molecule has 1 amide bonds. The van der Waals surface area contributed by atoms with Gasteiger partial charge in [-0.3, -0.25) is 9.69 Å². The normalized spacial score (nSPS) is 18.7. The number of hydrogen-bond acceptors (Lipinski definition) is 5. The molecule has 0 unspecified atom stereocenters. The smallest absolute Gasteiger partial charge is 0.331 e. The predicted octanol–water partition coefficient (Wildman–Crippen LogP) is 7.44. The summed E-state index contributed by atoms with van der Waals surface area (Å²) in [5.41, 5.74) is 2.83.